The maximum atomic E-state index is 5.42. The fraction of sp³-hybridized carbons (Fsp3) is 0.417. The van der Waals surface area contributed by atoms with Gasteiger partial charge >= 0.3 is 0 Å². The molecular formula is C48H57BN4. The van der Waals surface area contributed by atoms with E-state index in [-0.39, 0.29) is 33.8 Å². The van der Waals surface area contributed by atoms with E-state index < -0.39 is 0 Å². The third-order valence-electron chi connectivity index (χ3n) is 12.2. The summed E-state index contributed by atoms with van der Waals surface area (Å²) in [7, 11) is 0. The highest BCUT2D eigenvalue weighted by atomic mass is 15.3. The predicted octanol–water partition coefficient (Wildman–Crippen LogP) is 10.7. The smallest absolute Gasteiger partial charge is 0.256 e. The van der Waals surface area contributed by atoms with Gasteiger partial charge in [0.25, 0.3) is 6.71 Å². The standard InChI is InChI=1S/C48H57BN4/c1-29-50-42-41-43(51-29)53(34-21-22-35-36(27-34)48(13,14)28-47(35,11)12)40-26-32(46(8,9)10)17-23-37(40)49(41)38-25-31(45(5,6)7)18-24-39(38)52(42)33-19-15-30(16-20-33)44(2,3)4/h15-27H,28H2,1-14H3. The van der Waals surface area contributed by atoms with Crippen LogP contribution in [0.5, 0.6) is 0 Å². The quantitative estimate of drug-likeness (QED) is 0.168. The Kier molecular flexibility index (Phi) is 7.61. The second-order valence-electron chi connectivity index (χ2n) is 20.5. The second kappa shape index (κ2) is 11.3. The van der Waals surface area contributed by atoms with Crippen molar-refractivity contribution in [1.82, 2.24) is 9.97 Å². The third-order valence-corrected chi connectivity index (χ3v) is 12.2. The van der Waals surface area contributed by atoms with E-state index in [9.17, 15) is 0 Å². The zero-order valence-corrected chi connectivity index (χ0v) is 34.6. The number of aromatic nitrogens is 2. The first-order chi connectivity index (χ1) is 24.6. The molecule has 53 heavy (non-hydrogen) atoms. The van der Waals surface area contributed by atoms with E-state index in [1.165, 1.54) is 55.6 Å². The molecule has 0 radical (unpaired) electrons. The highest BCUT2D eigenvalue weighted by molar-refractivity contribution is 7.00. The van der Waals surface area contributed by atoms with Gasteiger partial charge in [-0.1, -0.05) is 132 Å². The van der Waals surface area contributed by atoms with Gasteiger partial charge in [0, 0.05) is 28.2 Å². The van der Waals surface area contributed by atoms with Crippen molar-refractivity contribution in [1.29, 1.82) is 0 Å². The summed E-state index contributed by atoms with van der Waals surface area (Å²) < 4.78 is 0. The lowest BCUT2D eigenvalue weighted by Crippen LogP contribution is -2.62. The normalized spacial score (nSPS) is 17.0. The highest BCUT2D eigenvalue weighted by Gasteiger charge is 2.47. The van der Waals surface area contributed by atoms with Crippen molar-refractivity contribution in [2.45, 2.75) is 130 Å². The van der Waals surface area contributed by atoms with Crippen molar-refractivity contribution in [3.05, 3.63) is 113 Å². The number of rotatable bonds is 2. The molecule has 2 aliphatic heterocycles. The molecule has 0 unspecified atom stereocenters. The summed E-state index contributed by atoms with van der Waals surface area (Å²) in [5, 5.41) is 0. The fourth-order valence-corrected chi connectivity index (χ4v) is 9.51. The molecule has 8 rings (SSSR count). The molecule has 3 heterocycles. The Morgan fingerprint density at radius 3 is 1.64 bits per heavy atom. The molecule has 0 amide bonds. The van der Waals surface area contributed by atoms with Gasteiger partial charge in [-0.2, -0.15) is 0 Å². The van der Waals surface area contributed by atoms with Gasteiger partial charge in [-0.3, -0.25) is 9.80 Å². The van der Waals surface area contributed by atoms with Crippen LogP contribution in [-0.4, -0.2) is 16.7 Å². The molecule has 4 aromatic carbocycles. The van der Waals surface area contributed by atoms with Crippen LogP contribution in [-0.2, 0) is 27.1 Å². The molecule has 1 aromatic heterocycles. The lowest BCUT2D eigenvalue weighted by atomic mass is 9.34. The predicted molar refractivity (Wildman–Crippen MR) is 228 cm³/mol. The molecule has 1 aliphatic carbocycles. The van der Waals surface area contributed by atoms with Crippen molar-refractivity contribution in [3.8, 4) is 0 Å². The number of benzene rings is 4. The summed E-state index contributed by atoms with van der Waals surface area (Å²) in [6.45, 7) is 32.4. The highest BCUT2D eigenvalue weighted by Crippen LogP contribution is 2.52. The van der Waals surface area contributed by atoms with Crippen molar-refractivity contribution < 1.29 is 0 Å². The zero-order valence-electron chi connectivity index (χ0n) is 34.6. The molecule has 0 N–H and O–H groups in total. The minimum atomic E-state index is -0.0203. The van der Waals surface area contributed by atoms with Crippen molar-refractivity contribution >= 4 is 57.5 Å². The van der Waals surface area contributed by atoms with E-state index in [0.717, 1.165) is 35.3 Å². The van der Waals surface area contributed by atoms with E-state index in [0.29, 0.717) is 0 Å². The number of fused-ring (bicyclic) bond motifs is 5. The summed E-state index contributed by atoms with van der Waals surface area (Å²) in [4.78, 5) is 15.6. The molecule has 272 valence electrons. The lowest BCUT2D eigenvalue weighted by Gasteiger charge is -2.43. The van der Waals surface area contributed by atoms with Crippen LogP contribution in [0.3, 0.4) is 0 Å². The Morgan fingerprint density at radius 2 is 1.04 bits per heavy atom. The minimum Gasteiger partial charge on any atom is -0.296 e. The van der Waals surface area contributed by atoms with Gasteiger partial charge in [0.1, 0.15) is 17.5 Å². The van der Waals surface area contributed by atoms with Crippen LogP contribution in [0.4, 0.5) is 34.4 Å². The molecule has 3 aliphatic rings. The van der Waals surface area contributed by atoms with Crippen LogP contribution in [0.25, 0.3) is 0 Å². The molecule has 0 saturated heterocycles. The summed E-state index contributed by atoms with van der Waals surface area (Å²) in [6.07, 6.45) is 1.13. The number of hydrogen-bond acceptors (Lipinski definition) is 4. The van der Waals surface area contributed by atoms with Crippen LogP contribution in [0.15, 0.2) is 78.9 Å². The van der Waals surface area contributed by atoms with Gasteiger partial charge in [0.15, 0.2) is 0 Å². The lowest BCUT2D eigenvalue weighted by molar-refractivity contribution is 0.403. The monoisotopic (exact) mass is 700 g/mol. The number of anilines is 6. The molecule has 0 atom stereocenters. The molecule has 5 aromatic rings. The average molecular weight is 701 g/mol. The first-order valence-corrected chi connectivity index (χ1v) is 19.6. The third kappa shape index (κ3) is 5.64. The molecule has 0 fully saturated rings. The van der Waals surface area contributed by atoms with Crippen LogP contribution < -0.4 is 26.2 Å². The second-order valence-corrected chi connectivity index (χ2v) is 20.5. The van der Waals surface area contributed by atoms with Gasteiger partial charge in [0.2, 0.25) is 0 Å². The summed E-state index contributed by atoms with van der Waals surface area (Å²) in [5.74, 6) is 2.72. The maximum absolute atomic E-state index is 5.42. The van der Waals surface area contributed by atoms with Crippen LogP contribution in [0, 0.1) is 6.92 Å². The Labute approximate surface area is 319 Å². The first kappa shape index (κ1) is 35.6. The average Bonchev–Trinajstić information content (AvgIpc) is 3.24. The number of aryl methyl sites for hydroxylation is 1. The van der Waals surface area contributed by atoms with Crippen LogP contribution in [0.2, 0.25) is 0 Å². The molecule has 4 nitrogen and oxygen atoms in total. The topological polar surface area (TPSA) is 32.3 Å². The Balaban J connectivity index is 1.46. The minimum absolute atomic E-state index is 0.00821. The Hall–Kier alpha value is -4.38. The molecule has 0 spiro atoms. The number of hydrogen-bond donors (Lipinski definition) is 0. The molecule has 5 heteroatoms. The Morgan fingerprint density at radius 1 is 0.528 bits per heavy atom. The van der Waals surface area contributed by atoms with Crippen LogP contribution in [0.1, 0.15) is 130 Å². The van der Waals surface area contributed by atoms with E-state index in [1.807, 2.05) is 0 Å². The summed E-state index contributed by atoms with van der Waals surface area (Å²) >= 11 is 0. The maximum Gasteiger partial charge on any atom is 0.256 e. The fourth-order valence-electron chi connectivity index (χ4n) is 9.51. The van der Waals surface area contributed by atoms with E-state index in [1.54, 1.807) is 0 Å². The zero-order chi connectivity index (χ0) is 38.2. The van der Waals surface area contributed by atoms with E-state index >= 15 is 0 Å². The van der Waals surface area contributed by atoms with E-state index in [4.69, 9.17) is 9.97 Å². The molecule has 0 saturated carbocycles. The van der Waals surface area contributed by atoms with Gasteiger partial charge in [-0.15, -0.1) is 0 Å². The SMILES string of the molecule is Cc1nc2c3c(n1)N(c1ccc4c(c1)C(C)(C)CC4(C)C)c1cc(C(C)(C)C)ccc1B3c1cc(C(C)(C)C)ccc1N2c1ccc(C(C)(C)C)cc1. The molecular weight excluding hydrogens is 643 g/mol. The Bertz CT molecular complexity index is 2290. The van der Waals surface area contributed by atoms with Crippen LogP contribution >= 0.6 is 0 Å². The van der Waals surface area contributed by atoms with Crippen molar-refractivity contribution in [2.75, 3.05) is 9.80 Å². The van der Waals surface area contributed by atoms with Gasteiger partial charge in [-0.25, -0.2) is 9.97 Å². The largest absolute Gasteiger partial charge is 0.296 e. The summed E-state index contributed by atoms with van der Waals surface area (Å²) in [6, 6.07) is 30.7. The van der Waals surface area contributed by atoms with Gasteiger partial charge < -0.3 is 0 Å². The van der Waals surface area contributed by atoms with Crippen molar-refractivity contribution in [3.63, 3.8) is 0 Å². The first-order valence-electron chi connectivity index (χ1n) is 19.6. The van der Waals surface area contributed by atoms with Crippen molar-refractivity contribution in [2.24, 2.45) is 0 Å². The van der Waals surface area contributed by atoms with Gasteiger partial charge in [0.05, 0.1) is 0 Å². The summed E-state index contributed by atoms with van der Waals surface area (Å²) in [5.41, 5.74) is 15.6. The number of nitrogens with zero attached hydrogens (tertiary/aromatic N) is 4. The molecule has 0 bridgehead atoms. The van der Waals surface area contributed by atoms with E-state index in [2.05, 4.69) is 186 Å². The van der Waals surface area contributed by atoms with Gasteiger partial charge in [-0.05, 0) is 116 Å².